The molecule has 5 heteroatoms. The molecule has 0 spiro atoms. The summed E-state index contributed by atoms with van der Waals surface area (Å²) < 4.78 is 7.65. The molecule has 2 heterocycles. The van der Waals surface area contributed by atoms with Crippen molar-refractivity contribution in [1.82, 2.24) is 9.78 Å². The van der Waals surface area contributed by atoms with Crippen molar-refractivity contribution in [3.8, 4) is 0 Å². The van der Waals surface area contributed by atoms with Crippen LogP contribution in [0.5, 0.6) is 0 Å². The molecule has 2 atom stereocenters. The fraction of sp³-hybridized carbons (Fsp3) is 0.750. The lowest BCUT2D eigenvalue weighted by Gasteiger charge is -2.27. The Morgan fingerprint density at radius 2 is 2.53 bits per heavy atom. The predicted molar refractivity (Wildman–Crippen MR) is 71.3 cm³/mol. The zero-order chi connectivity index (χ0) is 12.3. The van der Waals surface area contributed by atoms with E-state index in [1.54, 1.807) is 0 Å². The Morgan fingerprint density at radius 3 is 3.12 bits per heavy atom. The van der Waals surface area contributed by atoms with Crippen LogP contribution in [0, 0.1) is 0 Å². The average molecular weight is 255 g/mol. The fourth-order valence-electron chi connectivity index (χ4n) is 2.06. The van der Waals surface area contributed by atoms with Crippen LogP contribution in [0.1, 0.15) is 18.3 Å². The van der Waals surface area contributed by atoms with Crippen molar-refractivity contribution in [1.29, 1.82) is 0 Å². The maximum Gasteiger partial charge on any atom is 0.0820 e. The summed E-state index contributed by atoms with van der Waals surface area (Å²) in [7, 11) is 1.98. The lowest BCUT2D eigenvalue weighted by molar-refractivity contribution is 0.0568. The van der Waals surface area contributed by atoms with E-state index in [0.717, 1.165) is 36.6 Å². The van der Waals surface area contributed by atoms with E-state index in [-0.39, 0.29) is 12.1 Å². The molecule has 1 aromatic rings. The van der Waals surface area contributed by atoms with Crippen molar-refractivity contribution in [3.63, 3.8) is 0 Å². The zero-order valence-corrected chi connectivity index (χ0v) is 11.4. The molecule has 1 aromatic heterocycles. The van der Waals surface area contributed by atoms with Crippen LogP contribution in [0.2, 0.25) is 0 Å². The number of aryl methyl sites for hydroxylation is 2. The largest absolute Gasteiger partial charge is 0.375 e. The van der Waals surface area contributed by atoms with Gasteiger partial charge < -0.3 is 10.5 Å². The molecule has 17 heavy (non-hydrogen) atoms. The molecule has 0 amide bonds. The minimum absolute atomic E-state index is 0.0721. The van der Waals surface area contributed by atoms with Crippen LogP contribution in [0.15, 0.2) is 6.07 Å². The summed E-state index contributed by atoms with van der Waals surface area (Å²) in [6.45, 7) is 2.95. The van der Waals surface area contributed by atoms with Crippen LogP contribution in [-0.2, 0) is 24.6 Å². The second kappa shape index (κ2) is 5.89. The number of nitrogens with two attached hydrogens (primary N) is 1. The van der Waals surface area contributed by atoms with Gasteiger partial charge in [0, 0.05) is 36.7 Å². The first-order chi connectivity index (χ1) is 8.20. The molecule has 0 radical (unpaired) electrons. The molecule has 0 bridgehead atoms. The van der Waals surface area contributed by atoms with Crippen LogP contribution in [0.3, 0.4) is 0 Å². The third-order valence-corrected chi connectivity index (χ3v) is 4.17. The number of hydrogen-bond acceptors (Lipinski definition) is 4. The van der Waals surface area contributed by atoms with Crippen molar-refractivity contribution in [2.45, 2.75) is 31.9 Å². The molecule has 1 fully saturated rings. The summed E-state index contributed by atoms with van der Waals surface area (Å²) in [4.78, 5) is 0. The van der Waals surface area contributed by atoms with E-state index >= 15 is 0 Å². The Balaban J connectivity index is 1.96. The number of rotatable bonds is 4. The molecule has 1 aliphatic heterocycles. The Hall–Kier alpha value is -0.520. The molecule has 0 aliphatic carbocycles. The molecule has 0 aromatic carbocycles. The second-order valence-corrected chi connectivity index (χ2v) is 5.61. The van der Waals surface area contributed by atoms with Crippen LogP contribution in [0.25, 0.3) is 0 Å². The van der Waals surface area contributed by atoms with Gasteiger partial charge in [-0.25, -0.2) is 0 Å². The summed E-state index contributed by atoms with van der Waals surface area (Å²) in [6, 6.07) is 2.22. The van der Waals surface area contributed by atoms with Gasteiger partial charge in [0.05, 0.1) is 18.4 Å². The number of ether oxygens (including phenoxy) is 1. The Morgan fingerprint density at radius 1 is 1.71 bits per heavy atom. The zero-order valence-electron chi connectivity index (χ0n) is 10.6. The fourth-order valence-corrected chi connectivity index (χ4v) is 3.02. The lowest BCUT2D eigenvalue weighted by atomic mass is 10.1. The van der Waals surface area contributed by atoms with Gasteiger partial charge >= 0.3 is 0 Å². The smallest absolute Gasteiger partial charge is 0.0820 e. The molecule has 96 valence electrons. The second-order valence-electron chi connectivity index (χ2n) is 4.46. The highest BCUT2D eigenvalue weighted by molar-refractivity contribution is 7.99. The van der Waals surface area contributed by atoms with E-state index in [4.69, 9.17) is 10.5 Å². The molecular formula is C12H21N3OS. The highest BCUT2D eigenvalue weighted by Crippen LogP contribution is 2.17. The van der Waals surface area contributed by atoms with Crippen LogP contribution in [-0.4, -0.2) is 40.0 Å². The molecule has 4 nitrogen and oxygen atoms in total. The van der Waals surface area contributed by atoms with Gasteiger partial charge in [-0.3, -0.25) is 4.68 Å². The minimum Gasteiger partial charge on any atom is -0.375 e. The van der Waals surface area contributed by atoms with Gasteiger partial charge in [-0.15, -0.1) is 0 Å². The van der Waals surface area contributed by atoms with E-state index in [1.807, 2.05) is 23.5 Å². The minimum atomic E-state index is 0.0721. The van der Waals surface area contributed by atoms with Crippen LogP contribution < -0.4 is 5.73 Å². The van der Waals surface area contributed by atoms with Crippen molar-refractivity contribution >= 4 is 11.8 Å². The average Bonchev–Trinajstić information content (AvgIpc) is 2.71. The molecule has 0 saturated carbocycles. The van der Waals surface area contributed by atoms with Crippen molar-refractivity contribution in [2.75, 3.05) is 18.1 Å². The molecule has 2 rings (SSSR count). The molecule has 2 N–H and O–H groups in total. The maximum absolute atomic E-state index is 6.22. The van der Waals surface area contributed by atoms with Gasteiger partial charge in [-0.2, -0.15) is 16.9 Å². The van der Waals surface area contributed by atoms with Crippen molar-refractivity contribution in [2.24, 2.45) is 12.8 Å². The topological polar surface area (TPSA) is 53.1 Å². The SMILES string of the molecule is CCc1cc(CC(N)C2CSCCO2)n(C)n1. The van der Waals surface area contributed by atoms with E-state index in [2.05, 4.69) is 18.1 Å². The number of nitrogens with zero attached hydrogens (tertiary/aromatic N) is 2. The first-order valence-corrected chi connectivity index (χ1v) is 7.33. The van der Waals surface area contributed by atoms with Crippen LogP contribution in [0.4, 0.5) is 0 Å². The normalized spacial score (nSPS) is 22.6. The third-order valence-electron chi connectivity index (χ3n) is 3.15. The highest BCUT2D eigenvalue weighted by Gasteiger charge is 2.23. The van der Waals surface area contributed by atoms with E-state index in [0.29, 0.717) is 0 Å². The predicted octanol–water partition coefficient (Wildman–Crippen LogP) is 0.984. The van der Waals surface area contributed by atoms with Gasteiger partial charge in [0.2, 0.25) is 0 Å². The van der Waals surface area contributed by atoms with E-state index in [1.165, 1.54) is 5.69 Å². The summed E-state index contributed by atoms with van der Waals surface area (Å²) in [5.41, 5.74) is 8.56. The standard InChI is InChI=1S/C12H21N3OS/c1-3-9-6-10(15(2)14-9)7-11(13)12-8-17-5-4-16-12/h6,11-12H,3-5,7-8,13H2,1-2H3. The van der Waals surface area contributed by atoms with Gasteiger partial charge in [0.15, 0.2) is 0 Å². The lowest BCUT2D eigenvalue weighted by Crippen LogP contribution is -2.42. The summed E-state index contributed by atoms with van der Waals surface area (Å²) in [6.07, 6.45) is 2.00. The van der Waals surface area contributed by atoms with Gasteiger partial charge in [-0.05, 0) is 12.5 Å². The van der Waals surface area contributed by atoms with Gasteiger partial charge in [0.25, 0.3) is 0 Å². The van der Waals surface area contributed by atoms with Gasteiger partial charge in [-0.1, -0.05) is 6.92 Å². The summed E-state index contributed by atoms with van der Waals surface area (Å²) in [5, 5.41) is 4.44. The number of thioether (sulfide) groups is 1. The quantitative estimate of drug-likeness (QED) is 0.871. The molecule has 1 saturated heterocycles. The number of aromatic nitrogens is 2. The Labute approximate surface area is 107 Å². The van der Waals surface area contributed by atoms with E-state index in [9.17, 15) is 0 Å². The molecule has 2 unspecified atom stereocenters. The Bertz CT molecular complexity index is 361. The maximum atomic E-state index is 6.22. The van der Waals surface area contributed by atoms with Crippen LogP contribution >= 0.6 is 11.8 Å². The molecular weight excluding hydrogens is 234 g/mol. The van der Waals surface area contributed by atoms with E-state index < -0.39 is 0 Å². The first-order valence-electron chi connectivity index (χ1n) is 6.17. The van der Waals surface area contributed by atoms with Crippen molar-refractivity contribution < 1.29 is 4.74 Å². The monoisotopic (exact) mass is 255 g/mol. The third kappa shape index (κ3) is 3.24. The highest BCUT2D eigenvalue weighted by atomic mass is 32.2. The molecule has 1 aliphatic rings. The first kappa shape index (κ1) is 12.9. The van der Waals surface area contributed by atoms with Gasteiger partial charge in [0.1, 0.15) is 0 Å². The summed E-state index contributed by atoms with van der Waals surface area (Å²) in [5.74, 6) is 2.11. The Kier molecular flexibility index (Phi) is 4.48. The summed E-state index contributed by atoms with van der Waals surface area (Å²) >= 11 is 1.93. The van der Waals surface area contributed by atoms with Crippen molar-refractivity contribution in [3.05, 3.63) is 17.5 Å². The number of hydrogen-bond donors (Lipinski definition) is 1.